The van der Waals surface area contributed by atoms with Crippen molar-refractivity contribution in [3.63, 3.8) is 0 Å². The first-order valence-electron chi connectivity index (χ1n) is 9.72. The summed E-state index contributed by atoms with van der Waals surface area (Å²) in [5.74, 6) is -3.55. The zero-order valence-electron chi connectivity index (χ0n) is 17.5. The lowest BCUT2D eigenvalue weighted by molar-refractivity contribution is -0.527. The maximum Gasteiger partial charge on any atom is 0.421 e. The van der Waals surface area contributed by atoms with Gasteiger partial charge in [-0.1, -0.05) is 15.9 Å². The predicted octanol–water partition coefficient (Wildman–Crippen LogP) is 2.56. The van der Waals surface area contributed by atoms with Gasteiger partial charge in [0.1, 0.15) is 16.9 Å². The number of nitro groups is 1. The molecule has 0 radical (unpaired) electrons. The number of halogens is 1. The van der Waals surface area contributed by atoms with Gasteiger partial charge in [0.2, 0.25) is 6.04 Å². The van der Waals surface area contributed by atoms with Gasteiger partial charge in [-0.05, 0) is 51.5 Å². The molecule has 3 rings (SSSR count). The summed E-state index contributed by atoms with van der Waals surface area (Å²) >= 11 is 3.30. The normalized spacial score (nSPS) is 27.4. The standard InChI is InChI=1S/C20H23BrN2O8/c1-5-30-16(25)15-13(23(28)29)9-14(24)20(15)11-8-10(21)6-7-12(11)22(17(20)26)18(27)31-19(2,3)4/h6-8,13-15,24H,5,9H2,1-4H3. The van der Waals surface area contributed by atoms with Crippen LogP contribution in [-0.4, -0.2) is 52.4 Å². The number of aliphatic hydroxyl groups excluding tert-OH is 1. The van der Waals surface area contributed by atoms with Crippen molar-refractivity contribution < 1.29 is 33.9 Å². The molecule has 1 heterocycles. The molecule has 11 heteroatoms. The zero-order valence-corrected chi connectivity index (χ0v) is 19.0. The smallest absolute Gasteiger partial charge is 0.421 e. The van der Waals surface area contributed by atoms with Crippen LogP contribution in [0, 0.1) is 16.0 Å². The third kappa shape index (κ3) is 3.59. The summed E-state index contributed by atoms with van der Waals surface area (Å²) in [5.41, 5.74) is -2.76. The molecule has 31 heavy (non-hydrogen) atoms. The van der Waals surface area contributed by atoms with E-state index in [1.165, 1.54) is 19.1 Å². The summed E-state index contributed by atoms with van der Waals surface area (Å²) in [7, 11) is 0. The molecule has 2 aliphatic rings. The molecule has 2 amide bonds. The summed E-state index contributed by atoms with van der Waals surface area (Å²) in [4.78, 5) is 51.3. The Kier molecular flexibility index (Phi) is 5.87. The highest BCUT2D eigenvalue weighted by atomic mass is 79.9. The number of nitrogens with zero attached hydrogens (tertiary/aromatic N) is 2. The summed E-state index contributed by atoms with van der Waals surface area (Å²) in [6, 6.07) is 2.96. The predicted molar refractivity (Wildman–Crippen MR) is 111 cm³/mol. The maximum absolute atomic E-state index is 13.7. The molecule has 4 atom stereocenters. The fourth-order valence-corrected chi connectivity index (χ4v) is 4.76. The molecule has 0 aromatic heterocycles. The van der Waals surface area contributed by atoms with Crippen molar-refractivity contribution >= 4 is 39.6 Å². The molecule has 4 unspecified atom stereocenters. The monoisotopic (exact) mass is 498 g/mol. The molecular formula is C20H23BrN2O8. The van der Waals surface area contributed by atoms with E-state index in [0.717, 1.165) is 4.90 Å². The number of fused-ring (bicyclic) bond motifs is 2. The molecule has 1 spiro atoms. The largest absolute Gasteiger partial charge is 0.466 e. The molecule has 1 aliphatic carbocycles. The van der Waals surface area contributed by atoms with Crippen LogP contribution in [0.5, 0.6) is 0 Å². The van der Waals surface area contributed by atoms with Gasteiger partial charge in [-0.25, -0.2) is 9.69 Å². The van der Waals surface area contributed by atoms with Crippen LogP contribution in [0.2, 0.25) is 0 Å². The molecule has 1 aliphatic heterocycles. The van der Waals surface area contributed by atoms with Crippen LogP contribution in [0.25, 0.3) is 0 Å². The van der Waals surface area contributed by atoms with Crippen LogP contribution in [0.15, 0.2) is 22.7 Å². The Balaban J connectivity index is 2.26. The molecule has 1 N–H and O–H groups in total. The number of imide groups is 1. The van der Waals surface area contributed by atoms with E-state index in [9.17, 15) is 29.6 Å². The number of carbonyl (C=O) groups excluding carboxylic acids is 3. The van der Waals surface area contributed by atoms with Crippen LogP contribution in [0.1, 0.15) is 39.7 Å². The Morgan fingerprint density at radius 1 is 1.39 bits per heavy atom. The summed E-state index contributed by atoms with van der Waals surface area (Å²) in [6.07, 6.45) is -3.04. The lowest BCUT2D eigenvalue weighted by Gasteiger charge is -2.31. The number of anilines is 1. The van der Waals surface area contributed by atoms with Crippen LogP contribution in [0.4, 0.5) is 10.5 Å². The van der Waals surface area contributed by atoms with Crippen molar-refractivity contribution in [2.75, 3.05) is 11.5 Å². The van der Waals surface area contributed by atoms with Crippen molar-refractivity contribution in [1.29, 1.82) is 0 Å². The number of aliphatic hydroxyl groups is 1. The minimum atomic E-state index is -2.06. The van der Waals surface area contributed by atoms with Gasteiger partial charge in [0.25, 0.3) is 5.91 Å². The van der Waals surface area contributed by atoms with Crippen molar-refractivity contribution in [2.24, 2.45) is 5.92 Å². The average molecular weight is 499 g/mol. The number of carbonyl (C=O) groups is 3. The Morgan fingerprint density at radius 2 is 2.03 bits per heavy atom. The first-order chi connectivity index (χ1) is 14.4. The fraction of sp³-hybridized carbons (Fsp3) is 0.550. The van der Waals surface area contributed by atoms with Crippen molar-refractivity contribution in [1.82, 2.24) is 0 Å². The molecule has 1 aromatic carbocycles. The Bertz CT molecular complexity index is 959. The van der Waals surface area contributed by atoms with E-state index < -0.39 is 58.4 Å². The van der Waals surface area contributed by atoms with Crippen LogP contribution in [0.3, 0.4) is 0 Å². The lowest BCUT2D eigenvalue weighted by Crippen LogP contribution is -2.55. The van der Waals surface area contributed by atoms with Gasteiger partial charge in [0.05, 0.1) is 18.4 Å². The van der Waals surface area contributed by atoms with Crippen molar-refractivity contribution in [3.05, 3.63) is 38.3 Å². The fourth-order valence-electron chi connectivity index (χ4n) is 4.40. The van der Waals surface area contributed by atoms with Gasteiger partial charge in [0, 0.05) is 15.8 Å². The second-order valence-corrected chi connectivity index (χ2v) is 9.40. The second kappa shape index (κ2) is 7.86. The highest BCUT2D eigenvalue weighted by Crippen LogP contribution is 2.56. The van der Waals surface area contributed by atoms with E-state index in [0.29, 0.717) is 4.47 Å². The summed E-state index contributed by atoms with van der Waals surface area (Å²) < 4.78 is 10.9. The number of ether oxygens (including phenoxy) is 2. The number of amides is 2. The van der Waals surface area contributed by atoms with E-state index in [1.54, 1.807) is 26.8 Å². The Hall–Kier alpha value is -2.53. The van der Waals surface area contributed by atoms with Gasteiger partial charge in [0.15, 0.2) is 0 Å². The molecule has 10 nitrogen and oxygen atoms in total. The van der Waals surface area contributed by atoms with Gasteiger partial charge < -0.3 is 14.6 Å². The van der Waals surface area contributed by atoms with Crippen LogP contribution in [-0.2, 0) is 24.5 Å². The van der Waals surface area contributed by atoms with E-state index in [2.05, 4.69) is 15.9 Å². The Morgan fingerprint density at radius 3 is 2.58 bits per heavy atom. The quantitative estimate of drug-likeness (QED) is 0.381. The number of hydrogen-bond donors (Lipinski definition) is 1. The maximum atomic E-state index is 13.7. The summed E-state index contributed by atoms with van der Waals surface area (Å²) in [6.45, 7) is 6.33. The molecule has 0 bridgehead atoms. The molecule has 1 fully saturated rings. The van der Waals surface area contributed by atoms with Gasteiger partial charge in [-0.2, -0.15) is 0 Å². The number of rotatable bonds is 3. The molecular weight excluding hydrogens is 476 g/mol. The lowest BCUT2D eigenvalue weighted by atomic mass is 9.71. The summed E-state index contributed by atoms with van der Waals surface area (Å²) in [5, 5.41) is 22.8. The van der Waals surface area contributed by atoms with Crippen LogP contribution < -0.4 is 4.90 Å². The highest BCUT2D eigenvalue weighted by molar-refractivity contribution is 9.10. The minimum absolute atomic E-state index is 0.0682. The van der Waals surface area contributed by atoms with Crippen LogP contribution >= 0.6 is 15.9 Å². The molecule has 1 aromatic rings. The minimum Gasteiger partial charge on any atom is -0.466 e. The van der Waals surface area contributed by atoms with E-state index >= 15 is 0 Å². The number of benzene rings is 1. The van der Waals surface area contributed by atoms with Crippen molar-refractivity contribution in [2.45, 2.75) is 57.3 Å². The zero-order chi connectivity index (χ0) is 23.3. The van der Waals surface area contributed by atoms with Gasteiger partial charge in [-0.3, -0.25) is 19.7 Å². The highest BCUT2D eigenvalue weighted by Gasteiger charge is 2.73. The molecule has 1 saturated carbocycles. The van der Waals surface area contributed by atoms with E-state index in [4.69, 9.17) is 9.47 Å². The average Bonchev–Trinajstić information content (AvgIpc) is 3.08. The topological polar surface area (TPSA) is 136 Å². The second-order valence-electron chi connectivity index (χ2n) is 8.49. The molecule has 0 saturated heterocycles. The van der Waals surface area contributed by atoms with Gasteiger partial charge in [-0.15, -0.1) is 0 Å². The number of hydrogen-bond acceptors (Lipinski definition) is 8. The third-order valence-electron chi connectivity index (χ3n) is 5.46. The SMILES string of the molecule is CCOC(=O)C1C([N+](=O)[O-])CC(O)C12C(=O)N(C(=O)OC(C)(C)C)c1ccc(Br)cc12. The third-order valence-corrected chi connectivity index (χ3v) is 5.95. The number of esters is 1. The van der Waals surface area contributed by atoms with Gasteiger partial charge >= 0.3 is 12.1 Å². The Labute approximate surface area is 186 Å². The van der Waals surface area contributed by atoms with E-state index in [-0.39, 0.29) is 17.9 Å². The first kappa shape index (κ1) is 23.1. The first-order valence-corrected chi connectivity index (χ1v) is 10.5. The van der Waals surface area contributed by atoms with E-state index in [1.807, 2.05) is 0 Å². The molecule has 168 valence electrons. The van der Waals surface area contributed by atoms with Crippen molar-refractivity contribution in [3.8, 4) is 0 Å².